The molecule has 2 aromatic carbocycles. The van der Waals surface area contributed by atoms with E-state index in [9.17, 15) is 14.5 Å². The normalized spacial score (nSPS) is 10.2. The number of halogens is 2. The molecule has 0 aliphatic carbocycles. The molecule has 19 heavy (non-hydrogen) atoms. The number of nitrogens with zero attached hydrogens (tertiary/aromatic N) is 1. The SMILES string of the molecule is O=[N+]([O-])c1cccc(Oc2ccc(F)cc2CCl)c1. The second-order valence-corrected chi connectivity index (χ2v) is 4.01. The number of alkyl halides is 1. The van der Waals surface area contributed by atoms with Crippen molar-refractivity contribution in [3.63, 3.8) is 0 Å². The summed E-state index contributed by atoms with van der Waals surface area (Å²) in [7, 11) is 0. The molecular formula is C13H9ClFNO3. The standard InChI is InChI=1S/C13H9ClFNO3/c14-8-9-6-10(15)4-5-13(9)19-12-3-1-2-11(7-12)16(17)18/h1-7H,8H2. The molecule has 0 heterocycles. The van der Waals surface area contributed by atoms with Gasteiger partial charge < -0.3 is 4.74 Å². The molecule has 0 fully saturated rings. The van der Waals surface area contributed by atoms with Gasteiger partial charge in [-0.05, 0) is 24.3 Å². The van der Waals surface area contributed by atoms with Crippen LogP contribution in [0.15, 0.2) is 42.5 Å². The molecular weight excluding hydrogens is 273 g/mol. The third-order valence-corrected chi connectivity index (χ3v) is 2.71. The lowest BCUT2D eigenvalue weighted by atomic mass is 10.2. The largest absolute Gasteiger partial charge is 0.457 e. The van der Waals surface area contributed by atoms with Gasteiger partial charge in [-0.3, -0.25) is 10.1 Å². The van der Waals surface area contributed by atoms with Crippen molar-refractivity contribution in [3.8, 4) is 11.5 Å². The van der Waals surface area contributed by atoms with Gasteiger partial charge in [0.1, 0.15) is 17.3 Å². The van der Waals surface area contributed by atoms with Crippen molar-refractivity contribution in [1.29, 1.82) is 0 Å². The molecule has 0 amide bonds. The van der Waals surface area contributed by atoms with E-state index in [-0.39, 0.29) is 11.6 Å². The van der Waals surface area contributed by atoms with Gasteiger partial charge in [0, 0.05) is 11.6 Å². The first kappa shape index (κ1) is 13.3. The number of hydrogen-bond acceptors (Lipinski definition) is 3. The lowest BCUT2D eigenvalue weighted by Crippen LogP contribution is -1.92. The first-order chi connectivity index (χ1) is 9.10. The van der Waals surface area contributed by atoms with E-state index < -0.39 is 10.7 Å². The van der Waals surface area contributed by atoms with Crippen LogP contribution in [0.4, 0.5) is 10.1 Å². The monoisotopic (exact) mass is 281 g/mol. The van der Waals surface area contributed by atoms with Crippen LogP contribution >= 0.6 is 11.6 Å². The zero-order chi connectivity index (χ0) is 13.8. The van der Waals surface area contributed by atoms with Crippen molar-refractivity contribution in [3.05, 3.63) is 64.0 Å². The van der Waals surface area contributed by atoms with Crippen molar-refractivity contribution in [2.75, 3.05) is 0 Å². The number of ether oxygens (including phenoxy) is 1. The maximum atomic E-state index is 13.0. The van der Waals surface area contributed by atoms with Crippen molar-refractivity contribution in [2.45, 2.75) is 5.88 Å². The third-order valence-electron chi connectivity index (χ3n) is 2.42. The molecule has 0 radical (unpaired) electrons. The van der Waals surface area contributed by atoms with Crippen LogP contribution in [0.25, 0.3) is 0 Å². The fourth-order valence-electron chi connectivity index (χ4n) is 1.54. The minimum atomic E-state index is -0.514. The van der Waals surface area contributed by atoms with E-state index in [1.54, 1.807) is 6.07 Å². The minimum Gasteiger partial charge on any atom is -0.457 e. The van der Waals surface area contributed by atoms with Gasteiger partial charge in [-0.2, -0.15) is 0 Å². The number of nitro benzene ring substituents is 1. The molecule has 0 aromatic heterocycles. The van der Waals surface area contributed by atoms with Crippen LogP contribution in [-0.4, -0.2) is 4.92 Å². The summed E-state index contributed by atoms with van der Waals surface area (Å²) in [6.07, 6.45) is 0. The number of hydrogen-bond donors (Lipinski definition) is 0. The Hall–Kier alpha value is -2.14. The topological polar surface area (TPSA) is 52.4 Å². The predicted molar refractivity (Wildman–Crippen MR) is 69.1 cm³/mol. The summed E-state index contributed by atoms with van der Waals surface area (Å²) in [4.78, 5) is 10.1. The van der Waals surface area contributed by atoms with Crippen molar-refractivity contribution >= 4 is 17.3 Å². The smallest absolute Gasteiger partial charge is 0.273 e. The lowest BCUT2D eigenvalue weighted by Gasteiger charge is -2.09. The molecule has 0 bridgehead atoms. The van der Waals surface area contributed by atoms with Gasteiger partial charge in [-0.25, -0.2) is 4.39 Å². The minimum absolute atomic E-state index is 0.0768. The first-order valence-corrected chi connectivity index (χ1v) is 5.90. The Labute approximate surface area is 113 Å². The average Bonchev–Trinajstić information content (AvgIpc) is 2.41. The fourth-order valence-corrected chi connectivity index (χ4v) is 1.75. The molecule has 0 spiro atoms. The average molecular weight is 282 g/mol. The van der Waals surface area contributed by atoms with Crippen LogP contribution in [-0.2, 0) is 5.88 Å². The molecule has 0 N–H and O–H groups in total. The van der Waals surface area contributed by atoms with E-state index >= 15 is 0 Å². The molecule has 4 nitrogen and oxygen atoms in total. The molecule has 0 aliphatic rings. The summed E-state index contributed by atoms with van der Waals surface area (Å²) >= 11 is 5.70. The van der Waals surface area contributed by atoms with E-state index in [0.717, 1.165) is 0 Å². The zero-order valence-corrected chi connectivity index (χ0v) is 10.4. The van der Waals surface area contributed by atoms with Crippen LogP contribution in [0, 0.1) is 15.9 Å². The Bertz CT molecular complexity index is 619. The van der Waals surface area contributed by atoms with Gasteiger partial charge in [0.25, 0.3) is 5.69 Å². The van der Waals surface area contributed by atoms with Crippen LogP contribution in [0.1, 0.15) is 5.56 Å². The maximum absolute atomic E-state index is 13.0. The molecule has 0 saturated heterocycles. The fraction of sp³-hybridized carbons (Fsp3) is 0.0769. The van der Waals surface area contributed by atoms with E-state index in [1.807, 2.05) is 0 Å². The Morgan fingerprint density at radius 1 is 1.26 bits per heavy atom. The molecule has 0 aliphatic heterocycles. The quantitative estimate of drug-likeness (QED) is 0.478. The first-order valence-electron chi connectivity index (χ1n) is 5.37. The summed E-state index contributed by atoms with van der Waals surface area (Å²) in [6, 6.07) is 9.68. The van der Waals surface area contributed by atoms with Crippen LogP contribution in [0.2, 0.25) is 0 Å². The summed E-state index contributed by atoms with van der Waals surface area (Å²) in [6.45, 7) is 0. The van der Waals surface area contributed by atoms with Gasteiger partial charge in [-0.15, -0.1) is 11.6 Å². The Morgan fingerprint density at radius 2 is 2.05 bits per heavy atom. The van der Waals surface area contributed by atoms with Crippen molar-refractivity contribution < 1.29 is 14.1 Å². The second-order valence-electron chi connectivity index (χ2n) is 3.74. The van der Waals surface area contributed by atoms with E-state index in [2.05, 4.69) is 0 Å². The molecule has 0 atom stereocenters. The number of nitro groups is 1. The van der Waals surface area contributed by atoms with Crippen molar-refractivity contribution in [2.24, 2.45) is 0 Å². The summed E-state index contributed by atoms with van der Waals surface area (Å²) in [5.74, 6) is 0.341. The lowest BCUT2D eigenvalue weighted by molar-refractivity contribution is -0.384. The molecule has 0 saturated carbocycles. The Morgan fingerprint density at radius 3 is 2.74 bits per heavy atom. The molecule has 2 rings (SSSR count). The molecule has 98 valence electrons. The van der Waals surface area contributed by atoms with Crippen LogP contribution in [0.5, 0.6) is 11.5 Å². The second kappa shape index (κ2) is 5.67. The maximum Gasteiger partial charge on any atom is 0.273 e. The van der Waals surface area contributed by atoms with Gasteiger partial charge in [0.15, 0.2) is 0 Å². The highest BCUT2D eigenvalue weighted by molar-refractivity contribution is 6.17. The van der Waals surface area contributed by atoms with Gasteiger partial charge in [0.05, 0.1) is 16.9 Å². The summed E-state index contributed by atoms with van der Waals surface area (Å²) in [5, 5.41) is 10.7. The van der Waals surface area contributed by atoms with Crippen molar-refractivity contribution in [1.82, 2.24) is 0 Å². The van der Waals surface area contributed by atoms with Gasteiger partial charge in [-0.1, -0.05) is 6.07 Å². The van der Waals surface area contributed by atoms with Crippen LogP contribution < -0.4 is 4.74 Å². The van der Waals surface area contributed by atoms with Gasteiger partial charge >= 0.3 is 0 Å². The zero-order valence-electron chi connectivity index (χ0n) is 9.68. The highest BCUT2D eigenvalue weighted by atomic mass is 35.5. The highest BCUT2D eigenvalue weighted by Crippen LogP contribution is 2.29. The summed E-state index contributed by atoms with van der Waals surface area (Å²) < 4.78 is 18.5. The van der Waals surface area contributed by atoms with Crippen LogP contribution in [0.3, 0.4) is 0 Å². The Balaban J connectivity index is 2.30. The number of benzene rings is 2. The molecule has 2 aromatic rings. The highest BCUT2D eigenvalue weighted by Gasteiger charge is 2.09. The van der Waals surface area contributed by atoms with E-state index in [4.69, 9.17) is 16.3 Å². The Kier molecular flexibility index (Phi) is 3.97. The third kappa shape index (κ3) is 3.20. The molecule has 6 heteroatoms. The number of non-ortho nitro benzene ring substituents is 1. The van der Waals surface area contributed by atoms with Gasteiger partial charge in [0.2, 0.25) is 0 Å². The molecule has 0 unspecified atom stereocenters. The number of rotatable bonds is 4. The van der Waals surface area contributed by atoms with E-state index in [0.29, 0.717) is 17.1 Å². The van der Waals surface area contributed by atoms with E-state index in [1.165, 1.54) is 36.4 Å². The summed E-state index contributed by atoms with van der Waals surface area (Å²) in [5.41, 5.74) is 0.403. The predicted octanol–water partition coefficient (Wildman–Crippen LogP) is 4.27.